The van der Waals surface area contributed by atoms with Gasteiger partial charge >= 0.3 is 0 Å². The fraction of sp³-hybridized carbons (Fsp3) is 0.471. The van der Waals surface area contributed by atoms with Gasteiger partial charge < -0.3 is 10.2 Å². The van der Waals surface area contributed by atoms with Crippen molar-refractivity contribution in [3.63, 3.8) is 0 Å². The van der Waals surface area contributed by atoms with Gasteiger partial charge in [0.15, 0.2) is 0 Å². The van der Waals surface area contributed by atoms with E-state index >= 15 is 0 Å². The summed E-state index contributed by atoms with van der Waals surface area (Å²) in [7, 11) is 0. The van der Waals surface area contributed by atoms with Crippen molar-refractivity contribution in [2.24, 2.45) is 0 Å². The Bertz CT molecular complexity index is 518. The highest BCUT2D eigenvalue weighted by Gasteiger charge is 2.22. The second-order valence-electron chi connectivity index (χ2n) is 5.61. The van der Waals surface area contributed by atoms with E-state index in [1.165, 1.54) is 23.4 Å². The predicted octanol–water partition coefficient (Wildman–Crippen LogP) is 3.85. The van der Waals surface area contributed by atoms with E-state index in [1.807, 2.05) is 23.7 Å². The molecule has 1 atom stereocenters. The molecule has 1 aliphatic rings. The minimum absolute atomic E-state index is 0.516. The third-order valence-electron chi connectivity index (χ3n) is 4.25. The predicted molar refractivity (Wildman–Crippen MR) is 90.0 cm³/mol. The summed E-state index contributed by atoms with van der Waals surface area (Å²) in [5, 5.41) is 6.02. The Kier molecular flexibility index (Phi) is 4.88. The first-order chi connectivity index (χ1) is 10.4. The van der Waals surface area contributed by atoms with Crippen LogP contribution in [-0.2, 0) is 0 Å². The maximum Gasteiger partial charge on any atom is 0.0414 e. The van der Waals surface area contributed by atoms with Crippen LogP contribution >= 0.6 is 11.3 Å². The van der Waals surface area contributed by atoms with Crippen LogP contribution in [0.1, 0.15) is 37.1 Å². The van der Waals surface area contributed by atoms with E-state index in [0.717, 1.165) is 19.5 Å². The molecule has 2 aromatic rings. The molecule has 1 fully saturated rings. The van der Waals surface area contributed by atoms with Gasteiger partial charge in [-0.3, -0.25) is 4.98 Å². The van der Waals surface area contributed by atoms with Crippen LogP contribution in [0.4, 0.5) is 5.69 Å². The SMILES string of the molecule is CCC(NC1CCN(c2ccncc2)CC1)c1cccs1. The molecule has 4 heteroatoms. The van der Waals surface area contributed by atoms with E-state index in [0.29, 0.717) is 12.1 Å². The van der Waals surface area contributed by atoms with Crippen molar-refractivity contribution < 1.29 is 0 Å². The fourth-order valence-electron chi connectivity index (χ4n) is 3.03. The number of pyridine rings is 1. The number of hydrogen-bond donors (Lipinski definition) is 1. The zero-order chi connectivity index (χ0) is 14.5. The molecule has 1 unspecified atom stereocenters. The number of hydrogen-bond acceptors (Lipinski definition) is 4. The summed E-state index contributed by atoms with van der Waals surface area (Å²) in [6.07, 6.45) is 7.34. The Morgan fingerprint density at radius 1 is 1.29 bits per heavy atom. The summed E-state index contributed by atoms with van der Waals surface area (Å²) < 4.78 is 0. The molecule has 0 bridgehead atoms. The molecule has 0 saturated carbocycles. The van der Waals surface area contributed by atoms with Crippen LogP contribution < -0.4 is 10.2 Å². The molecule has 3 heterocycles. The Labute approximate surface area is 131 Å². The minimum atomic E-state index is 0.516. The van der Waals surface area contributed by atoms with Gasteiger partial charge in [0.25, 0.3) is 0 Å². The van der Waals surface area contributed by atoms with E-state index in [-0.39, 0.29) is 0 Å². The smallest absolute Gasteiger partial charge is 0.0414 e. The Morgan fingerprint density at radius 3 is 2.67 bits per heavy atom. The summed E-state index contributed by atoms with van der Waals surface area (Å²) in [4.78, 5) is 8.03. The molecule has 1 saturated heterocycles. The van der Waals surface area contributed by atoms with Gasteiger partial charge in [0.2, 0.25) is 0 Å². The number of rotatable bonds is 5. The zero-order valence-electron chi connectivity index (χ0n) is 12.5. The summed E-state index contributed by atoms with van der Waals surface area (Å²) >= 11 is 1.86. The van der Waals surface area contributed by atoms with Crippen LogP contribution in [0.5, 0.6) is 0 Å². The number of aromatic nitrogens is 1. The lowest BCUT2D eigenvalue weighted by molar-refractivity contribution is 0.367. The highest BCUT2D eigenvalue weighted by molar-refractivity contribution is 7.10. The Morgan fingerprint density at radius 2 is 2.05 bits per heavy atom. The van der Waals surface area contributed by atoms with Crippen LogP contribution in [0.25, 0.3) is 0 Å². The molecule has 21 heavy (non-hydrogen) atoms. The van der Waals surface area contributed by atoms with Crippen molar-refractivity contribution in [3.8, 4) is 0 Å². The molecule has 0 spiro atoms. The van der Waals surface area contributed by atoms with E-state index in [1.54, 1.807) is 0 Å². The quantitative estimate of drug-likeness (QED) is 0.909. The average Bonchev–Trinajstić information content (AvgIpc) is 3.08. The fourth-order valence-corrected chi connectivity index (χ4v) is 3.90. The third kappa shape index (κ3) is 3.63. The Hall–Kier alpha value is -1.39. The molecule has 0 aliphatic carbocycles. The molecular formula is C17H23N3S. The van der Waals surface area contributed by atoms with E-state index in [4.69, 9.17) is 0 Å². The maximum absolute atomic E-state index is 4.10. The lowest BCUT2D eigenvalue weighted by Crippen LogP contribution is -2.43. The van der Waals surface area contributed by atoms with Gasteiger partial charge in [-0.1, -0.05) is 13.0 Å². The second-order valence-corrected chi connectivity index (χ2v) is 6.59. The van der Waals surface area contributed by atoms with Crippen molar-refractivity contribution in [1.82, 2.24) is 10.3 Å². The maximum atomic E-state index is 4.10. The van der Waals surface area contributed by atoms with Gasteiger partial charge in [-0.05, 0) is 42.8 Å². The van der Waals surface area contributed by atoms with Crippen LogP contribution in [0.15, 0.2) is 42.0 Å². The van der Waals surface area contributed by atoms with Crippen LogP contribution in [0.3, 0.4) is 0 Å². The molecule has 3 rings (SSSR count). The lowest BCUT2D eigenvalue weighted by Gasteiger charge is -2.35. The number of nitrogens with zero attached hydrogens (tertiary/aromatic N) is 2. The van der Waals surface area contributed by atoms with Gasteiger partial charge in [0.1, 0.15) is 0 Å². The molecule has 0 amide bonds. The molecule has 0 radical (unpaired) electrons. The first kappa shape index (κ1) is 14.5. The number of anilines is 1. The van der Waals surface area contributed by atoms with Crippen molar-refractivity contribution in [2.45, 2.75) is 38.3 Å². The van der Waals surface area contributed by atoms with E-state index in [2.05, 4.69) is 51.8 Å². The van der Waals surface area contributed by atoms with E-state index < -0.39 is 0 Å². The topological polar surface area (TPSA) is 28.2 Å². The molecule has 2 aromatic heterocycles. The van der Waals surface area contributed by atoms with Gasteiger partial charge in [0, 0.05) is 48.1 Å². The molecule has 1 aliphatic heterocycles. The van der Waals surface area contributed by atoms with Crippen LogP contribution in [0, 0.1) is 0 Å². The van der Waals surface area contributed by atoms with Gasteiger partial charge in [0.05, 0.1) is 0 Å². The van der Waals surface area contributed by atoms with Crippen molar-refractivity contribution in [2.75, 3.05) is 18.0 Å². The monoisotopic (exact) mass is 301 g/mol. The van der Waals surface area contributed by atoms with E-state index in [9.17, 15) is 0 Å². The zero-order valence-corrected chi connectivity index (χ0v) is 13.4. The standard InChI is InChI=1S/C17H23N3S/c1-2-16(17-4-3-13-21-17)19-14-7-11-20(12-8-14)15-5-9-18-10-6-15/h3-6,9-10,13-14,16,19H,2,7-8,11-12H2,1H3. The summed E-state index contributed by atoms with van der Waals surface area (Å²) in [6.45, 7) is 4.52. The van der Waals surface area contributed by atoms with Crippen molar-refractivity contribution >= 4 is 17.0 Å². The Balaban J connectivity index is 1.54. The van der Waals surface area contributed by atoms with Gasteiger partial charge in [-0.15, -0.1) is 11.3 Å². The highest BCUT2D eigenvalue weighted by atomic mass is 32.1. The molecule has 3 nitrogen and oxygen atoms in total. The van der Waals surface area contributed by atoms with Crippen LogP contribution in [-0.4, -0.2) is 24.1 Å². The minimum Gasteiger partial charge on any atom is -0.371 e. The average molecular weight is 301 g/mol. The molecule has 0 aromatic carbocycles. The molecule has 1 N–H and O–H groups in total. The first-order valence-corrected chi connectivity index (χ1v) is 8.69. The van der Waals surface area contributed by atoms with Gasteiger partial charge in [-0.2, -0.15) is 0 Å². The van der Waals surface area contributed by atoms with Crippen LogP contribution in [0.2, 0.25) is 0 Å². The summed E-state index contributed by atoms with van der Waals surface area (Å²) in [5.74, 6) is 0. The highest BCUT2D eigenvalue weighted by Crippen LogP contribution is 2.25. The van der Waals surface area contributed by atoms with Crippen molar-refractivity contribution in [3.05, 3.63) is 46.9 Å². The third-order valence-corrected chi connectivity index (χ3v) is 5.24. The number of piperidine rings is 1. The first-order valence-electron chi connectivity index (χ1n) is 7.81. The second kappa shape index (κ2) is 7.05. The largest absolute Gasteiger partial charge is 0.371 e. The number of thiophene rings is 1. The van der Waals surface area contributed by atoms with Gasteiger partial charge in [-0.25, -0.2) is 0 Å². The summed E-state index contributed by atoms with van der Waals surface area (Å²) in [6, 6.07) is 9.76. The van der Waals surface area contributed by atoms with Crippen molar-refractivity contribution in [1.29, 1.82) is 0 Å². The summed E-state index contributed by atoms with van der Waals surface area (Å²) in [5.41, 5.74) is 1.30. The molecular weight excluding hydrogens is 278 g/mol. The number of nitrogens with one attached hydrogen (secondary N) is 1. The molecule has 112 valence electrons. The normalized spacial score (nSPS) is 17.9. The lowest BCUT2D eigenvalue weighted by atomic mass is 10.0.